The molecule has 2 aromatic carbocycles. The fourth-order valence-electron chi connectivity index (χ4n) is 2.79. The van der Waals surface area contributed by atoms with E-state index in [1.807, 2.05) is 17.5 Å². The van der Waals surface area contributed by atoms with Gasteiger partial charge in [-0.15, -0.1) is 11.3 Å². The van der Waals surface area contributed by atoms with Gasteiger partial charge in [-0.25, -0.2) is 4.39 Å². The lowest BCUT2D eigenvalue weighted by Gasteiger charge is -2.18. The summed E-state index contributed by atoms with van der Waals surface area (Å²) >= 11 is 1.48. The van der Waals surface area contributed by atoms with E-state index in [9.17, 15) is 24.1 Å². The van der Waals surface area contributed by atoms with E-state index >= 15 is 0 Å². The third kappa shape index (κ3) is 5.48. The van der Waals surface area contributed by atoms with Crippen LogP contribution < -0.4 is 10.6 Å². The predicted octanol–water partition coefficient (Wildman–Crippen LogP) is 3.82. The molecular weight excluding hydrogens is 409 g/mol. The second kappa shape index (κ2) is 9.75. The third-order valence-corrected chi connectivity index (χ3v) is 5.25. The molecule has 3 rings (SSSR count). The highest BCUT2D eigenvalue weighted by Gasteiger charge is 2.18. The molecule has 0 saturated heterocycles. The number of halogens is 1. The molecule has 1 heterocycles. The lowest BCUT2D eigenvalue weighted by Crippen LogP contribution is -2.33. The number of nitro groups is 1. The van der Waals surface area contributed by atoms with Crippen LogP contribution >= 0.6 is 11.3 Å². The minimum Gasteiger partial charge on any atom is -0.352 e. The lowest BCUT2D eigenvalue weighted by atomic mass is 10.0. The van der Waals surface area contributed by atoms with Crippen molar-refractivity contribution in [1.82, 2.24) is 10.6 Å². The van der Waals surface area contributed by atoms with Gasteiger partial charge in [-0.2, -0.15) is 0 Å². The molecule has 1 unspecified atom stereocenters. The molecule has 2 amide bonds. The zero-order chi connectivity index (χ0) is 21.5. The number of nitro benzene ring substituents is 1. The Bertz CT molecular complexity index is 1020. The average molecular weight is 427 g/mol. The van der Waals surface area contributed by atoms with Crippen LogP contribution in [0.15, 0.2) is 66.0 Å². The maximum Gasteiger partial charge on any atom is 0.269 e. The van der Waals surface area contributed by atoms with Crippen molar-refractivity contribution in [3.63, 3.8) is 0 Å². The molecule has 30 heavy (non-hydrogen) atoms. The van der Waals surface area contributed by atoms with Crippen LogP contribution in [0.2, 0.25) is 0 Å². The Labute approximate surface area is 175 Å². The van der Waals surface area contributed by atoms with Crippen LogP contribution in [-0.2, 0) is 4.79 Å². The minimum absolute atomic E-state index is 0.0434. The molecule has 0 saturated carbocycles. The van der Waals surface area contributed by atoms with Gasteiger partial charge < -0.3 is 10.6 Å². The highest BCUT2D eigenvalue weighted by molar-refractivity contribution is 7.10. The quantitative estimate of drug-likeness (QED) is 0.421. The Morgan fingerprint density at radius 3 is 2.37 bits per heavy atom. The van der Waals surface area contributed by atoms with E-state index in [-0.39, 0.29) is 35.9 Å². The van der Waals surface area contributed by atoms with Crippen molar-refractivity contribution in [1.29, 1.82) is 0 Å². The van der Waals surface area contributed by atoms with Gasteiger partial charge in [0.05, 0.1) is 11.0 Å². The monoisotopic (exact) mass is 427 g/mol. The number of hydrogen-bond acceptors (Lipinski definition) is 5. The van der Waals surface area contributed by atoms with Crippen LogP contribution in [0, 0.1) is 15.9 Å². The normalized spacial score (nSPS) is 11.5. The second-order valence-electron chi connectivity index (χ2n) is 6.38. The summed E-state index contributed by atoms with van der Waals surface area (Å²) in [6.07, 6.45) is 0.0434. The maximum absolute atomic E-state index is 13.2. The Balaban J connectivity index is 1.56. The fourth-order valence-corrected chi connectivity index (χ4v) is 3.59. The Morgan fingerprint density at radius 1 is 1.07 bits per heavy atom. The highest BCUT2D eigenvalue weighted by Crippen LogP contribution is 2.26. The number of benzene rings is 2. The SMILES string of the molecule is O=C(CCNC(=O)c1ccc([N+](=O)[O-])cc1)NC(c1ccc(F)cc1)c1cccs1. The number of nitrogens with one attached hydrogen (secondary N) is 2. The first kappa shape index (κ1) is 21.1. The first-order valence-corrected chi connectivity index (χ1v) is 9.93. The van der Waals surface area contributed by atoms with Crippen LogP contribution in [0.5, 0.6) is 0 Å². The fraction of sp³-hybridized carbons (Fsp3) is 0.143. The Hall–Kier alpha value is -3.59. The van der Waals surface area contributed by atoms with Crippen LogP contribution in [0.1, 0.15) is 33.3 Å². The van der Waals surface area contributed by atoms with Gasteiger partial charge in [-0.05, 0) is 41.3 Å². The van der Waals surface area contributed by atoms with Crippen LogP contribution in [0.25, 0.3) is 0 Å². The van der Waals surface area contributed by atoms with Crippen LogP contribution in [-0.4, -0.2) is 23.3 Å². The van der Waals surface area contributed by atoms with Gasteiger partial charge in [0.25, 0.3) is 11.6 Å². The first-order valence-electron chi connectivity index (χ1n) is 9.05. The molecule has 0 fully saturated rings. The summed E-state index contributed by atoms with van der Waals surface area (Å²) in [5.41, 5.74) is 0.914. The van der Waals surface area contributed by atoms with Crippen molar-refractivity contribution < 1.29 is 18.9 Å². The van der Waals surface area contributed by atoms with Crippen LogP contribution in [0.3, 0.4) is 0 Å². The van der Waals surface area contributed by atoms with Crippen molar-refractivity contribution in [2.24, 2.45) is 0 Å². The Morgan fingerprint density at radius 2 is 1.77 bits per heavy atom. The van der Waals surface area contributed by atoms with Gasteiger partial charge in [0.15, 0.2) is 0 Å². The summed E-state index contributed by atoms with van der Waals surface area (Å²) in [6.45, 7) is 0.0994. The standard InChI is InChI=1S/C21H18FN3O4S/c22-16-7-3-14(4-8-16)20(18-2-1-13-30-18)24-19(26)11-12-23-21(27)15-5-9-17(10-6-15)25(28)29/h1-10,13,20H,11-12H2,(H,23,27)(H,24,26). The third-order valence-electron chi connectivity index (χ3n) is 4.31. The second-order valence-corrected chi connectivity index (χ2v) is 7.36. The Kier molecular flexibility index (Phi) is 6.87. The molecule has 0 bridgehead atoms. The minimum atomic E-state index is -0.544. The zero-order valence-electron chi connectivity index (χ0n) is 15.7. The van der Waals surface area contributed by atoms with Crippen molar-refractivity contribution in [2.75, 3.05) is 6.54 Å². The smallest absolute Gasteiger partial charge is 0.269 e. The number of non-ortho nitro benzene ring substituents is 1. The number of carbonyl (C=O) groups excluding carboxylic acids is 2. The summed E-state index contributed by atoms with van der Waals surface area (Å²) in [5, 5.41) is 18.1. The first-order chi connectivity index (χ1) is 14.4. The molecule has 2 N–H and O–H groups in total. The van der Waals surface area contributed by atoms with Gasteiger partial charge in [0, 0.05) is 35.5 Å². The number of nitrogens with zero attached hydrogens (tertiary/aromatic N) is 1. The van der Waals surface area contributed by atoms with Gasteiger partial charge in [-0.1, -0.05) is 18.2 Å². The van der Waals surface area contributed by atoms with E-state index < -0.39 is 16.9 Å². The van der Waals surface area contributed by atoms with E-state index in [0.29, 0.717) is 0 Å². The zero-order valence-corrected chi connectivity index (χ0v) is 16.5. The van der Waals surface area contributed by atoms with E-state index in [1.54, 1.807) is 12.1 Å². The maximum atomic E-state index is 13.2. The van der Waals surface area contributed by atoms with Crippen molar-refractivity contribution in [3.05, 3.63) is 98.0 Å². The molecule has 1 atom stereocenters. The summed E-state index contributed by atoms with van der Waals surface area (Å²) in [4.78, 5) is 35.6. The average Bonchev–Trinajstić information content (AvgIpc) is 3.27. The van der Waals surface area contributed by atoms with E-state index in [1.165, 1.54) is 47.7 Å². The number of rotatable bonds is 8. The van der Waals surface area contributed by atoms with Gasteiger partial charge >= 0.3 is 0 Å². The van der Waals surface area contributed by atoms with E-state index in [0.717, 1.165) is 10.4 Å². The molecule has 154 valence electrons. The summed E-state index contributed by atoms with van der Waals surface area (Å²) < 4.78 is 13.2. The lowest BCUT2D eigenvalue weighted by molar-refractivity contribution is -0.384. The predicted molar refractivity (Wildman–Crippen MR) is 111 cm³/mol. The molecular formula is C21H18FN3O4S. The van der Waals surface area contributed by atoms with Gasteiger partial charge in [-0.3, -0.25) is 19.7 Å². The van der Waals surface area contributed by atoms with Gasteiger partial charge in [0.1, 0.15) is 5.82 Å². The molecule has 1 aromatic heterocycles. The number of amides is 2. The van der Waals surface area contributed by atoms with E-state index in [2.05, 4.69) is 10.6 Å². The van der Waals surface area contributed by atoms with Crippen molar-refractivity contribution in [3.8, 4) is 0 Å². The molecule has 7 nitrogen and oxygen atoms in total. The van der Waals surface area contributed by atoms with Crippen molar-refractivity contribution in [2.45, 2.75) is 12.5 Å². The van der Waals surface area contributed by atoms with Crippen molar-refractivity contribution >= 4 is 28.8 Å². The number of thiophene rings is 1. The molecule has 9 heteroatoms. The highest BCUT2D eigenvalue weighted by atomic mass is 32.1. The number of hydrogen-bond donors (Lipinski definition) is 2. The van der Waals surface area contributed by atoms with Crippen LogP contribution in [0.4, 0.5) is 10.1 Å². The topological polar surface area (TPSA) is 101 Å². The summed E-state index contributed by atoms with van der Waals surface area (Å²) in [6, 6.07) is 14.5. The summed E-state index contributed by atoms with van der Waals surface area (Å²) in [5.74, 6) is -1.06. The molecule has 0 radical (unpaired) electrons. The molecule has 0 aliphatic rings. The molecule has 3 aromatic rings. The van der Waals surface area contributed by atoms with Gasteiger partial charge in [0.2, 0.25) is 5.91 Å². The molecule has 0 aliphatic carbocycles. The number of carbonyl (C=O) groups is 2. The molecule has 0 aliphatic heterocycles. The molecule has 0 spiro atoms. The largest absolute Gasteiger partial charge is 0.352 e. The van der Waals surface area contributed by atoms with E-state index in [4.69, 9.17) is 0 Å². The summed E-state index contributed by atoms with van der Waals surface area (Å²) in [7, 11) is 0.